The van der Waals surface area contributed by atoms with Gasteiger partial charge in [-0.25, -0.2) is 0 Å². The highest BCUT2D eigenvalue weighted by molar-refractivity contribution is 9.10. The molecule has 0 N–H and O–H groups in total. The third kappa shape index (κ3) is 3.80. The van der Waals surface area contributed by atoms with Gasteiger partial charge in [0.1, 0.15) is 40.9 Å². The summed E-state index contributed by atoms with van der Waals surface area (Å²) in [5, 5.41) is 0.249. The SMILES string of the molecule is COCCOCOC1CCC(=O)c2c1oc1cc(C)c(Br)c(OC)c1c2=O. The minimum atomic E-state index is -0.521. The predicted molar refractivity (Wildman–Crippen MR) is 102 cm³/mol. The standard InChI is InChI=1S/C19H21BrO7/c1-10-8-13-15(19(24-3)16(10)20)17(22)14-11(21)4-5-12(18(14)27-13)26-9-25-7-6-23-2/h8,12H,4-7,9H2,1-3H3. The van der Waals surface area contributed by atoms with E-state index in [1.165, 1.54) is 7.11 Å². The Labute approximate surface area is 164 Å². The van der Waals surface area contributed by atoms with Gasteiger partial charge >= 0.3 is 0 Å². The number of ketones is 1. The highest BCUT2D eigenvalue weighted by Crippen LogP contribution is 2.39. The van der Waals surface area contributed by atoms with Crippen LogP contribution in [0.4, 0.5) is 0 Å². The molecule has 1 unspecified atom stereocenters. The van der Waals surface area contributed by atoms with Gasteiger partial charge in [-0.3, -0.25) is 9.59 Å². The Morgan fingerprint density at radius 2 is 2.04 bits per heavy atom. The molecule has 0 amide bonds. The molecular weight excluding hydrogens is 420 g/mol. The minimum absolute atomic E-state index is 0.0199. The van der Waals surface area contributed by atoms with E-state index >= 15 is 0 Å². The average Bonchev–Trinajstić information content (AvgIpc) is 2.64. The molecule has 1 aliphatic carbocycles. The van der Waals surface area contributed by atoms with Crippen molar-refractivity contribution < 1.29 is 28.2 Å². The van der Waals surface area contributed by atoms with Crippen LogP contribution in [0.5, 0.6) is 5.75 Å². The first-order chi connectivity index (χ1) is 13.0. The van der Waals surface area contributed by atoms with Crippen molar-refractivity contribution >= 4 is 32.7 Å². The molecule has 1 aromatic heterocycles. The number of rotatable bonds is 7. The van der Waals surface area contributed by atoms with Crippen molar-refractivity contribution in [2.45, 2.75) is 25.9 Å². The smallest absolute Gasteiger partial charge is 0.207 e. The molecule has 1 atom stereocenters. The first-order valence-electron chi connectivity index (χ1n) is 8.54. The lowest BCUT2D eigenvalue weighted by Gasteiger charge is -2.23. The maximum Gasteiger partial charge on any atom is 0.207 e. The summed E-state index contributed by atoms with van der Waals surface area (Å²) in [5.41, 5.74) is 0.844. The van der Waals surface area contributed by atoms with Crippen molar-refractivity contribution in [1.82, 2.24) is 0 Å². The molecule has 0 spiro atoms. The number of methoxy groups -OCH3 is 2. The average molecular weight is 441 g/mol. The highest BCUT2D eigenvalue weighted by atomic mass is 79.9. The number of halogens is 1. The Balaban J connectivity index is 2.05. The van der Waals surface area contributed by atoms with E-state index in [2.05, 4.69) is 15.9 Å². The van der Waals surface area contributed by atoms with E-state index in [-0.39, 0.29) is 35.7 Å². The molecule has 7 nitrogen and oxygen atoms in total. The largest absolute Gasteiger partial charge is 0.495 e. The monoisotopic (exact) mass is 440 g/mol. The lowest BCUT2D eigenvalue weighted by Crippen LogP contribution is -2.26. The highest BCUT2D eigenvalue weighted by Gasteiger charge is 2.33. The van der Waals surface area contributed by atoms with Gasteiger partial charge in [0.15, 0.2) is 5.78 Å². The Bertz CT molecular complexity index is 919. The van der Waals surface area contributed by atoms with Gasteiger partial charge in [0.05, 0.1) is 24.8 Å². The summed E-state index contributed by atoms with van der Waals surface area (Å²) < 4.78 is 28.0. The van der Waals surface area contributed by atoms with Crippen molar-refractivity contribution in [3.63, 3.8) is 0 Å². The van der Waals surface area contributed by atoms with Gasteiger partial charge in [0.2, 0.25) is 5.43 Å². The number of fused-ring (bicyclic) bond motifs is 2. The van der Waals surface area contributed by atoms with E-state index in [1.54, 1.807) is 13.2 Å². The van der Waals surface area contributed by atoms with Crippen LogP contribution in [-0.2, 0) is 14.2 Å². The summed E-state index contributed by atoms with van der Waals surface area (Å²) in [6.07, 6.45) is 0.120. The van der Waals surface area contributed by atoms with Crippen LogP contribution in [0, 0.1) is 6.92 Å². The fourth-order valence-corrected chi connectivity index (χ4v) is 3.60. The molecule has 1 aromatic carbocycles. The molecule has 146 valence electrons. The zero-order chi connectivity index (χ0) is 19.6. The third-order valence-corrected chi connectivity index (χ3v) is 5.47. The van der Waals surface area contributed by atoms with Crippen molar-refractivity contribution in [2.75, 3.05) is 34.2 Å². The third-order valence-electron chi connectivity index (χ3n) is 4.48. The number of aryl methyl sites for hydroxylation is 1. The molecule has 1 heterocycles. The lowest BCUT2D eigenvalue weighted by molar-refractivity contribution is -0.107. The summed E-state index contributed by atoms with van der Waals surface area (Å²) in [6, 6.07) is 1.74. The van der Waals surface area contributed by atoms with Crippen molar-refractivity contribution in [1.29, 1.82) is 0 Å². The second-order valence-corrected chi connectivity index (χ2v) is 7.01. The van der Waals surface area contributed by atoms with E-state index in [4.69, 9.17) is 23.4 Å². The van der Waals surface area contributed by atoms with Crippen LogP contribution in [-0.4, -0.2) is 40.0 Å². The summed E-state index contributed by atoms with van der Waals surface area (Å²) in [7, 11) is 3.06. The fraction of sp³-hybridized carbons (Fsp3) is 0.474. The van der Waals surface area contributed by atoms with E-state index in [0.29, 0.717) is 35.4 Å². The molecule has 3 rings (SSSR count). The molecule has 0 saturated carbocycles. The van der Waals surface area contributed by atoms with E-state index in [0.717, 1.165) is 5.56 Å². The quantitative estimate of drug-likeness (QED) is 0.480. The lowest BCUT2D eigenvalue weighted by atomic mass is 9.92. The molecule has 0 bridgehead atoms. The van der Waals surface area contributed by atoms with Gasteiger partial charge in [0, 0.05) is 13.5 Å². The number of benzene rings is 1. The molecule has 2 aromatic rings. The molecule has 1 aliphatic rings. The number of hydrogen-bond acceptors (Lipinski definition) is 7. The Morgan fingerprint density at radius 1 is 1.26 bits per heavy atom. The maximum absolute atomic E-state index is 13.1. The zero-order valence-corrected chi connectivity index (χ0v) is 17.0. The second kappa shape index (κ2) is 8.52. The number of Topliss-reactive ketones (excluding diaryl/α,β-unsaturated/α-hetero) is 1. The summed E-state index contributed by atoms with van der Waals surface area (Å²) >= 11 is 3.43. The van der Waals surface area contributed by atoms with E-state index in [9.17, 15) is 9.59 Å². The van der Waals surface area contributed by atoms with Crippen LogP contribution < -0.4 is 10.2 Å². The van der Waals surface area contributed by atoms with Gasteiger partial charge < -0.3 is 23.4 Å². The predicted octanol–water partition coefficient (Wildman–Crippen LogP) is 3.53. The molecule has 0 aliphatic heterocycles. The van der Waals surface area contributed by atoms with Gasteiger partial charge in [-0.05, 0) is 40.9 Å². The summed E-state index contributed by atoms with van der Waals surface area (Å²) in [4.78, 5) is 25.5. The first kappa shape index (κ1) is 20.0. The number of carbonyl (C=O) groups excluding carboxylic acids is 1. The molecule has 0 fully saturated rings. The number of carbonyl (C=O) groups is 1. The normalized spacial score (nSPS) is 16.6. The van der Waals surface area contributed by atoms with Gasteiger partial charge in [-0.15, -0.1) is 0 Å². The minimum Gasteiger partial charge on any atom is -0.495 e. The van der Waals surface area contributed by atoms with E-state index < -0.39 is 11.5 Å². The number of hydrogen-bond donors (Lipinski definition) is 0. The van der Waals surface area contributed by atoms with Crippen LogP contribution >= 0.6 is 15.9 Å². The Morgan fingerprint density at radius 3 is 2.74 bits per heavy atom. The Kier molecular flexibility index (Phi) is 6.31. The van der Waals surface area contributed by atoms with Gasteiger partial charge in [-0.2, -0.15) is 0 Å². The van der Waals surface area contributed by atoms with Crippen LogP contribution in [0.25, 0.3) is 11.0 Å². The van der Waals surface area contributed by atoms with Crippen LogP contribution in [0.3, 0.4) is 0 Å². The Hall–Kier alpha value is -1.74. The zero-order valence-electron chi connectivity index (χ0n) is 15.4. The summed E-state index contributed by atoms with van der Waals surface area (Å²) in [6.45, 7) is 2.73. The van der Waals surface area contributed by atoms with Crippen LogP contribution in [0.15, 0.2) is 19.8 Å². The molecule has 0 radical (unpaired) electrons. The molecule has 27 heavy (non-hydrogen) atoms. The topological polar surface area (TPSA) is 84.2 Å². The van der Waals surface area contributed by atoms with Crippen LogP contribution in [0.2, 0.25) is 0 Å². The molecular formula is C19H21BrO7. The van der Waals surface area contributed by atoms with Crippen molar-refractivity contribution in [2.24, 2.45) is 0 Å². The molecule has 0 saturated heterocycles. The summed E-state index contributed by atoms with van der Waals surface area (Å²) in [5.74, 6) is 0.364. The van der Waals surface area contributed by atoms with Crippen molar-refractivity contribution in [3.05, 3.63) is 37.6 Å². The maximum atomic E-state index is 13.1. The van der Waals surface area contributed by atoms with Gasteiger partial charge in [-0.1, -0.05) is 0 Å². The first-order valence-corrected chi connectivity index (χ1v) is 9.34. The van der Waals surface area contributed by atoms with Crippen molar-refractivity contribution in [3.8, 4) is 5.75 Å². The van der Waals surface area contributed by atoms with Crippen LogP contribution in [0.1, 0.15) is 40.6 Å². The fourth-order valence-electron chi connectivity index (χ4n) is 3.13. The van der Waals surface area contributed by atoms with E-state index in [1.807, 2.05) is 6.92 Å². The second-order valence-electron chi connectivity index (χ2n) is 6.22. The molecule has 8 heteroatoms. The number of ether oxygens (including phenoxy) is 4. The van der Waals surface area contributed by atoms with Gasteiger partial charge in [0.25, 0.3) is 0 Å².